The molecule has 0 radical (unpaired) electrons. The molecule has 3 N–H and O–H groups in total. The number of aliphatic hydroxyl groups is 1. The van der Waals surface area contributed by atoms with Gasteiger partial charge in [0.2, 0.25) is 0 Å². The third-order valence-electron chi connectivity index (χ3n) is 6.36. The maximum Gasteiger partial charge on any atom is 0.127 e. The molecule has 4 heteroatoms. The van der Waals surface area contributed by atoms with E-state index < -0.39 is 0 Å². The lowest BCUT2D eigenvalue weighted by atomic mass is 9.71. The van der Waals surface area contributed by atoms with Crippen LogP contribution in [-0.4, -0.2) is 56.6 Å². The summed E-state index contributed by atoms with van der Waals surface area (Å²) < 4.78 is 6.12. The smallest absolute Gasteiger partial charge is 0.127 e. The van der Waals surface area contributed by atoms with Gasteiger partial charge >= 0.3 is 0 Å². The Morgan fingerprint density at radius 2 is 1.74 bits per heavy atom. The summed E-state index contributed by atoms with van der Waals surface area (Å²) in [5.41, 5.74) is 1.80. The predicted molar refractivity (Wildman–Crippen MR) is 109 cm³/mol. The second-order valence-corrected chi connectivity index (χ2v) is 9.89. The second-order valence-electron chi connectivity index (χ2n) is 9.89. The quantitative estimate of drug-likeness (QED) is 0.651. The zero-order chi connectivity index (χ0) is 19.3. The van der Waals surface area contributed by atoms with E-state index in [0.29, 0.717) is 18.1 Å². The molecule has 152 valence electrons. The fourth-order valence-electron chi connectivity index (χ4n) is 5.25. The highest BCUT2D eigenvalue weighted by atomic mass is 16.5. The maximum absolute atomic E-state index is 10.5. The van der Waals surface area contributed by atoms with Crippen LogP contribution in [0.4, 0.5) is 0 Å². The number of benzene rings is 1. The van der Waals surface area contributed by atoms with Gasteiger partial charge in [0, 0.05) is 5.56 Å². The fraction of sp³-hybridized carbons (Fsp3) is 0.739. The number of hydrogen-bond donors (Lipinski definition) is 3. The van der Waals surface area contributed by atoms with Crippen LogP contribution in [0.5, 0.6) is 0 Å². The Hall–Kier alpha value is -0.940. The van der Waals surface area contributed by atoms with Gasteiger partial charge in [-0.05, 0) is 30.6 Å². The molecule has 1 aliphatic carbocycles. The summed E-state index contributed by atoms with van der Waals surface area (Å²) in [5, 5.41) is 10.5. The second kappa shape index (κ2) is 9.51. The Bertz CT molecular complexity index is 555. The van der Waals surface area contributed by atoms with E-state index in [1.54, 1.807) is 4.90 Å². The van der Waals surface area contributed by atoms with E-state index in [-0.39, 0.29) is 6.10 Å². The summed E-state index contributed by atoms with van der Waals surface area (Å²) in [6.45, 7) is 14.1. The van der Waals surface area contributed by atoms with E-state index in [1.165, 1.54) is 30.0 Å². The first-order valence-electron chi connectivity index (χ1n) is 10.9. The third-order valence-corrected chi connectivity index (χ3v) is 6.36. The zero-order valence-electron chi connectivity index (χ0n) is 17.5. The summed E-state index contributed by atoms with van der Waals surface area (Å²) in [4.78, 5) is 3.19. The van der Waals surface area contributed by atoms with Crippen molar-refractivity contribution < 1.29 is 19.6 Å². The van der Waals surface area contributed by atoms with Gasteiger partial charge in [-0.15, -0.1) is 0 Å². The number of nitrogens with one attached hydrogen (secondary N) is 2. The van der Waals surface area contributed by atoms with Crippen molar-refractivity contribution in [2.75, 3.05) is 39.3 Å². The molecule has 0 unspecified atom stereocenters. The summed E-state index contributed by atoms with van der Waals surface area (Å²) >= 11 is 0. The van der Waals surface area contributed by atoms with Crippen molar-refractivity contribution in [2.45, 2.75) is 58.8 Å². The molecule has 3 atom stereocenters. The van der Waals surface area contributed by atoms with Crippen LogP contribution in [0.1, 0.15) is 45.6 Å². The average molecular weight is 377 g/mol. The predicted octanol–water partition coefficient (Wildman–Crippen LogP) is 0.562. The van der Waals surface area contributed by atoms with Gasteiger partial charge in [0.1, 0.15) is 45.4 Å². The highest BCUT2D eigenvalue weighted by Gasteiger charge is 2.33. The minimum absolute atomic E-state index is 0.320. The number of piperazine rings is 1. The van der Waals surface area contributed by atoms with Crippen LogP contribution in [-0.2, 0) is 11.3 Å². The molecule has 27 heavy (non-hydrogen) atoms. The van der Waals surface area contributed by atoms with Crippen LogP contribution in [0.3, 0.4) is 0 Å². The molecule has 1 aromatic carbocycles. The van der Waals surface area contributed by atoms with Crippen LogP contribution >= 0.6 is 0 Å². The molecule has 4 nitrogen and oxygen atoms in total. The van der Waals surface area contributed by atoms with Crippen LogP contribution in [0.15, 0.2) is 30.3 Å². The van der Waals surface area contributed by atoms with Crippen molar-refractivity contribution in [3.8, 4) is 0 Å². The standard InChI is InChI=1S/C23H38N2O2/c1-19-13-22(15-23(2,3)14-19)27-18-21(26)17-25-11-9-24(10-12-25)16-20-7-5-4-6-8-20/h4-8,19,21-22,26H,9-18H2,1-3H3/p+2/t19-,21+,22+/m0/s1. The maximum atomic E-state index is 10.5. The third kappa shape index (κ3) is 6.86. The lowest BCUT2D eigenvalue weighted by Crippen LogP contribution is -3.28. The van der Waals surface area contributed by atoms with Crippen molar-refractivity contribution in [3.63, 3.8) is 0 Å². The molecule has 1 aromatic rings. The first-order chi connectivity index (χ1) is 12.9. The minimum Gasteiger partial charge on any atom is -0.385 e. The molecule has 1 heterocycles. The Labute approximate surface area is 165 Å². The van der Waals surface area contributed by atoms with Crippen molar-refractivity contribution in [1.29, 1.82) is 0 Å². The van der Waals surface area contributed by atoms with E-state index in [9.17, 15) is 5.11 Å². The molecular weight excluding hydrogens is 336 g/mol. The number of quaternary nitrogens is 2. The fourth-order valence-corrected chi connectivity index (χ4v) is 5.25. The van der Waals surface area contributed by atoms with Crippen LogP contribution < -0.4 is 9.80 Å². The average Bonchev–Trinajstić information content (AvgIpc) is 2.61. The first kappa shape index (κ1) is 20.8. The zero-order valence-corrected chi connectivity index (χ0v) is 17.5. The van der Waals surface area contributed by atoms with Gasteiger partial charge in [0.15, 0.2) is 0 Å². The molecule has 1 saturated heterocycles. The van der Waals surface area contributed by atoms with Crippen molar-refractivity contribution in [2.24, 2.45) is 11.3 Å². The molecule has 2 fully saturated rings. The molecule has 0 amide bonds. The normalized spacial score (nSPS) is 32.1. The molecule has 1 saturated carbocycles. The van der Waals surface area contributed by atoms with Gasteiger partial charge in [-0.2, -0.15) is 0 Å². The number of ether oxygens (including phenoxy) is 1. The van der Waals surface area contributed by atoms with E-state index in [1.807, 2.05) is 0 Å². The van der Waals surface area contributed by atoms with Gasteiger partial charge in [0.05, 0.1) is 12.7 Å². The van der Waals surface area contributed by atoms with E-state index >= 15 is 0 Å². The highest BCUT2D eigenvalue weighted by Crippen LogP contribution is 2.39. The summed E-state index contributed by atoms with van der Waals surface area (Å²) in [5.74, 6) is 0.724. The molecule has 1 aliphatic heterocycles. The topological polar surface area (TPSA) is 38.3 Å². The molecule has 0 spiro atoms. The van der Waals surface area contributed by atoms with Crippen molar-refractivity contribution in [3.05, 3.63) is 35.9 Å². The minimum atomic E-state index is -0.337. The Balaban J connectivity index is 1.34. The number of hydrogen-bond acceptors (Lipinski definition) is 2. The Morgan fingerprint density at radius 3 is 2.41 bits per heavy atom. The van der Waals surface area contributed by atoms with E-state index in [2.05, 4.69) is 51.1 Å². The van der Waals surface area contributed by atoms with Gasteiger partial charge in [-0.1, -0.05) is 51.1 Å². The lowest BCUT2D eigenvalue weighted by Gasteiger charge is -2.39. The van der Waals surface area contributed by atoms with Crippen LogP contribution in [0.2, 0.25) is 0 Å². The monoisotopic (exact) mass is 376 g/mol. The largest absolute Gasteiger partial charge is 0.385 e. The summed E-state index contributed by atoms with van der Waals surface area (Å²) in [7, 11) is 0. The molecule has 0 aromatic heterocycles. The van der Waals surface area contributed by atoms with E-state index in [0.717, 1.165) is 44.9 Å². The molecular formula is C23H40N2O2+2. The van der Waals surface area contributed by atoms with Gasteiger partial charge in [0.25, 0.3) is 0 Å². The van der Waals surface area contributed by atoms with Gasteiger partial charge < -0.3 is 19.6 Å². The molecule has 2 aliphatic rings. The SMILES string of the molecule is C[C@H]1C[C@@H](OC[C@H](O)C[NH+]2CC[NH+](Cc3ccccc3)CC2)CC(C)(C)C1. The highest BCUT2D eigenvalue weighted by molar-refractivity contribution is 5.13. The van der Waals surface area contributed by atoms with Crippen LogP contribution in [0.25, 0.3) is 0 Å². The summed E-state index contributed by atoms with van der Waals surface area (Å²) in [6.07, 6.45) is 3.54. The molecule has 0 bridgehead atoms. The van der Waals surface area contributed by atoms with Gasteiger partial charge in [-0.3, -0.25) is 0 Å². The Morgan fingerprint density at radius 1 is 1.07 bits per heavy atom. The number of rotatable bonds is 7. The van der Waals surface area contributed by atoms with Crippen molar-refractivity contribution >= 4 is 0 Å². The van der Waals surface area contributed by atoms with Gasteiger partial charge in [-0.25, -0.2) is 0 Å². The summed E-state index contributed by atoms with van der Waals surface area (Å²) in [6, 6.07) is 10.8. The van der Waals surface area contributed by atoms with Crippen LogP contribution in [0, 0.1) is 11.3 Å². The van der Waals surface area contributed by atoms with E-state index in [4.69, 9.17) is 4.74 Å². The molecule has 3 rings (SSSR count). The van der Waals surface area contributed by atoms with Crippen molar-refractivity contribution in [1.82, 2.24) is 0 Å². The number of aliphatic hydroxyl groups excluding tert-OH is 1. The Kier molecular flexibility index (Phi) is 7.32. The lowest BCUT2D eigenvalue weighted by molar-refractivity contribution is -1.02. The first-order valence-corrected chi connectivity index (χ1v) is 10.9.